The van der Waals surface area contributed by atoms with Crippen molar-refractivity contribution >= 4 is 29.5 Å². The lowest BCUT2D eigenvalue weighted by Gasteiger charge is -2.31. The normalized spacial score (nSPS) is 23.6. The zero-order valence-corrected chi connectivity index (χ0v) is 20.4. The van der Waals surface area contributed by atoms with E-state index in [1.807, 2.05) is 37.3 Å². The van der Waals surface area contributed by atoms with E-state index >= 15 is 0 Å². The van der Waals surface area contributed by atoms with Crippen molar-refractivity contribution in [2.24, 2.45) is 0 Å². The molecule has 0 spiro atoms. The fourth-order valence-electron chi connectivity index (χ4n) is 4.38. The third kappa shape index (κ3) is 6.25. The average molecular weight is 502 g/mol. The summed E-state index contributed by atoms with van der Waals surface area (Å²) in [5.41, 5.74) is 0.869. The van der Waals surface area contributed by atoms with Gasteiger partial charge < -0.3 is 29.8 Å². The monoisotopic (exact) mass is 501 g/mol. The number of nitrogens with zero attached hydrogens (tertiary/aromatic N) is 1. The van der Waals surface area contributed by atoms with Crippen LogP contribution in [0.4, 0.5) is 0 Å². The van der Waals surface area contributed by atoms with E-state index in [1.165, 1.54) is 22.9 Å². The number of benzene rings is 1. The summed E-state index contributed by atoms with van der Waals surface area (Å²) in [5, 5.41) is 16.6. The Morgan fingerprint density at radius 3 is 2.66 bits per heavy atom. The molecule has 1 aromatic heterocycles. The predicted octanol–water partition coefficient (Wildman–Crippen LogP) is 1.45. The Labute approximate surface area is 208 Å². The SMILES string of the molecule is CC1SCN(C(=O)[C@@H](O)[C@H](Cc2ccccc2)NC(=O)[C@@H]2CCCO2)[C@@H]1C(=O)NCc1ccco1. The Morgan fingerprint density at radius 1 is 1.17 bits per heavy atom. The van der Waals surface area contributed by atoms with Crippen LogP contribution in [0.1, 0.15) is 31.1 Å². The van der Waals surface area contributed by atoms with Crippen LogP contribution in [0.2, 0.25) is 0 Å². The number of thioether (sulfide) groups is 1. The highest BCUT2D eigenvalue weighted by Crippen LogP contribution is 2.30. The van der Waals surface area contributed by atoms with Gasteiger partial charge in [0.15, 0.2) is 6.10 Å². The number of carbonyl (C=O) groups is 3. The van der Waals surface area contributed by atoms with Gasteiger partial charge in [0, 0.05) is 11.9 Å². The first-order valence-electron chi connectivity index (χ1n) is 11.8. The van der Waals surface area contributed by atoms with Crippen molar-refractivity contribution in [3.05, 3.63) is 60.1 Å². The maximum Gasteiger partial charge on any atom is 0.254 e. The third-order valence-electron chi connectivity index (χ3n) is 6.31. The molecule has 0 bridgehead atoms. The second-order valence-electron chi connectivity index (χ2n) is 8.80. The molecule has 3 amide bonds. The Balaban J connectivity index is 1.47. The number of carbonyl (C=O) groups excluding carboxylic acids is 3. The molecule has 2 fully saturated rings. The smallest absolute Gasteiger partial charge is 0.254 e. The number of furan rings is 1. The summed E-state index contributed by atoms with van der Waals surface area (Å²) in [6.07, 6.45) is 1.08. The first kappa shape index (κ1) is 25.3. The highest BCUT2D eigenvalue weighted by molar-refractivity contribution is 8.00. The van der Waals surface area contributed by atoms with Gasteiger partial charge in [0.2, 0.25) is 11.8 Å². The summed E-state index contributed by atoms with van der Waals surface area (Å²) in [7, 11) is 0. The summed E-state index contributed by atoms with van der Waals surface area (Å²) in [6, 6.07) is 11.2. The lowest BCUT2D eigenvalue weighted by Crippen LogP contribution is -2.57. The lowest BCUT2D eigenvalue weighted by molar-refractivity contribution is -0.147. The van der Waals surface area contributed by atoms with Gasteiger partial charge >= 0.3 is 0 Å². The maximum atomic E-state index is 13.5. The molecule has 1 unspecified atom stereocenters. The molecule has 2 aliphatic rings. The molecule has 2 aliphatic heterocycles. The van der Waals surface area contributed by atoms with Crippen LogP contribution < -0.4 is 10.6 Å². The minimum atomic E-state index is -1.52. The molecule has 1 aromatic carbocycles. The van der Waals surface area contributed by atoms with Crippen molar-refractivity contribution in [3.8, 4) is 0 Å². The highest BCUT2D eigenvalue weighted by Gasteiger charge is 2.44. The topological polar surface area (TPSA) is 121 Å². The fourth-order valence-corrected chi connectivity index (χ4v) is 5.52. The second kappa shape index (κ2) is 11.7. The molecule has 4 rings (SSSR count). The Kier molecular flexibility index (Phi) is 8.48. The van der Waals surface area contributed by atoms with E-state index in [0.717, 1.165) is 12.0 Å². The zero-order valence-electron chi connectivity index (χ0n) is 19.6. The number of ether oxygens (including phenoxy) is 1. The van der Waals surface area contributed by atoms with Crippen LogP contribution in [-0.4, -0.2) is 69.8 Å². The molecule has 9 nitrogen and oxygen atoms in total. The zero-order chi connectivity index (χ0) is 24.8. The molecule has 0 saturated carbocycles. The maximum absolute atomic E-state index is 13.5. The van der Waals surface area contributed by atoms with Gasteiger partial charge in [-0.15, -0.1) is 11.8 Å². The molecule has 0 radical (unpaired) electrons. The fraction of sp³-hybridized carbons (Fsp3) is 0.480. The van der Waals surface area contributed by atoms with Gasteiger partial charge in [0.1, 0.15) is 17.9 Å². The minimum absolute atomic E-state index is 0.156. The molecule has 5 atom stereocenters. The van der Waals surface area contributed by atoms with E-state index in [0.29, 0.717) is 18.8 Å². The number of hydrogen-bond donors (Lipinski definition) is 3. The van der Waals surface area contributed by atoms with Gasteiger partial charge in [0.25, 0.3) is 5.91 Å². The van der Waals surface area contributed by atoms with Crippen molar-refractivity contribution in [2.75, 3.05) is 12.5 Å². The largest absolute Gasteiger partial charge is 0.467 e. The van der Waals surface area contributed by atoms with E-state index in [1.54, 1.807) is 12.1 Å². The van der Waals surface area contributed by atoms with Crippen molar-refractivity contribution in [2.45, 2.75) is 62.3 Å². The van der Waals surface area contributed by atoms with Crippen molar-refractivity contribution in [1.82, 2.24) is 15.5 Å². The molecule has 188 valence electrons. The number of amides is 3. The average Bonchev–Trinajstić information content (AvgIpc) is 3.64. The van der Waals surface area contributed by atoms with Crippen LogP contribution in [0.15, 0.2) is 53.1 Å². The quantitative estimate of drug-likeness (QED) is 0.476. The third-order valence-corrected chi connectivity index (χ3v) is 7.52. The van der Waals surface area contributed by atoms with E-state index in [4.69, 9.17) is 9.15 Å². The Morgan fingerprint density at radius 2 is 1.97 bits per heavy atom. The molecule has 0 aliphatic carbocycles. The van der Waals surface area contributed by atoms with E-state index in [9.17, 15) is 19.5 Å². The summed E-state index contributed by atoms with van der Waals surface area (Å²) in [4.78, 5) is 40.6. The second-order valence-corrected chi connectivity index (χ2v) is 10.1. The van der Waals surface area contributed by atoms with Gasteiger partial charge in [0.05, 0.1) is 24.7 Å². The molecular formula is C25H31N3O6S. The van der Waals surface area contributed by atoms with Gasteiger partial charge in [-0.3, -0.25) is 14.4 Å². The lowest BCUT2D eigenvalue weighted by atomic mass is 9.99. The molecular weight excluding hydrogens is 470 g/mol. The van der Waals surface area contributed by atoms with E-state index < -0.39 is 30.2 Å². The highest BCUT2D eigenvalue weighted by atomic mass is 32.2. The summed E-state index contributed by atoms with van der Waals surface area (Å²) >= 11 is 1.46. The van der Waals surface area contributed by atoms with E-state index in [-0.39, 0.29) is 35.9 Å². The molecule has 3 heterocycles. The van der Waals surface area contributed by atoms with Crippen molar-refractivity contribution in [1.29, 1.82) is 0 Å². The standard InChI is InChI=1S/C25H31N3O6S/c1-16-21(24(31)26-14-18-9-5-11-33-18)28(15-35-16)25(32)22(29)19(13-17-7-3-2-4-8-17)27-23(30)20-10-6-12-34-20/h2-5,7-9,11,16,19-22,29H,6,10,12-15H2,1H3,(H,26,31)(H,27,30)/t16?,19-,20-,21-,22-/m0/s1. The summed E-state index contributed by atoms with van der Waals surface area (Å²) in [6.45, 7) is 2.60. The van der Waals surface area contributed by atoms with Gasteiger partial charge in [-0.1, -0.05) is 37.3 Å². The molecule has 35 heavy (non-hydrogen) atoms. The van der Waals surface area contributed by atoms with Crippen LogP contribution in [0.3, 0.4) is 0 Å². The summed E-state index contributed by atoms with van der Waals surface area (Å²) < 4.78 is 10.7. The van der Waals surface area contributed by atoms with Crippen LogP contribution in [0, 0.1) is 0 Å². The summed E-state index contributed by atoms with van der Waals surface area (Å²) in [5.74, 6) is -0.370. The van der Waals surface area contributed by atoms with Gasteiger partial charge in [-0.25, -0.2) is 0 Å². The van der Waals surface area contributed by atoms with Crippen LogP contribution in [0.25, 0.3) is 0 Å². The first-order chi connectivity index (χ1) is 16.9. The van der Waals surface area contributed by atoms with Crippen LogP contribution >= 0.6 is 11.8 Å². The van der Waals surface area contributed by atoms with Gasteiger partial charge in [-0.2, -0.15) is 0 Å². The number of aliphatic hydroxyl groups is 1. The number of aliphatic hydroxyl groups excluding tert-OH is 1. The molecule has 2 saturated heterocycles. The predicted molar refractivity (Wildman–Crippen MR) is 130 cm³/mol. The number of hydrogen-bond acceptors (Lipinski definition) is 7. The Bertz CT molecular complexity index is 996. The Hall–Kier alpha value is -2.82. The number of nitrogens with one attached hydrogen (secondary N) is 2. The van der Waals surface area contributed by atoms with Crippen molar-refractivity contribution in [3.63, 3.8) is 0 Å². The van der Waals surface area contributed by atoms with E-state index in [2.05, 4.69) is 10.6 Å². The molecule has 3 N–H and O–H groups in total. The molecule has 2 aromatic rings. The minimum Gasteiger partial charge on any atom is -0.467 e. The first-order valence-corrected chi connectivity index (χ1v) is 12.8. The number of rotatable bonds is 9. The van der Waals surface area contributed by atoms with Gasteiger partial charge in [-0.05, 0) is 37.0 Å². The van der Waals surface area contributed by atoms with Crippen LogP contribution in [0.5, 0.6) is 0 Å². The molecule has 10 heteroatoms. The van der Waals surface area contributed by atoms with Crippen molar-refractivity contribution < 1.29 is 28.6 Å². The van der Waals surface area contributed by atoms with Crippen LogP contribution in [-0.2, 0) is 32.1 Å².